The summed E-state index contributed by atoms with van der Waals surface area (Å²) < 4.78 is 25.4. The van der Waals surface area contributed by atoms with Crippen LogP contribution in [0.2, 0.25) is 0 Å². The molecule has 2 heterocycles. The molecule has 1 unspecified atom stereocenters. The second kappa shape index (κ2) is 6.61. The second-order valence-electron chi connectivity index (χ2n) is 4.63. The summed E-state index contributed by atoms with van der Waals surface area (Å²) in [5, 5.41) is 11.6. The molecule has 1 aliphatic heterocycles. The summed E-state index contributed by atoms with van der Waals surface area (Å²) >= 11 is 0. The maximum Gasteiger partial charge on any atom is 0.337 e. The van der Waals surface area contributed by atoms with E-state index in [1.165, 1.54) is 0 Å². The summed E-state index contributed by atoms with van der Waals surface area (Å²) in [6.07, 6.45) is 3.64. The van der Waals surface area contributed by atoms with Crippen LogP contribution in [0.3, 0.4) is 0 Å². The molecule has 1 aliphatic rings. The van der Waals surface area contributed by atoms with Gasteiger partial charge in [-0.3, -0.25) is 4.57 Å². The molecule has 1 atom stereocenters. The van der Waals surface area contributed by atoms with E-state index in [1.807, 2.05) is 26.8 Å². The number of hydrogen-bond acceptors (Lipinski definition) is 6. The molecule has 112 valence electrons. The van der Waals surface area contributed by atoms with Gasteiger partial charge in [0, 0.05) is 6.54 Å². The molecule has 0 aliphatic carbocycles. The molecule has 7 nitrogen and oxygen atoms in total. The molecule has 0 fully saturated rings. The quantitative estimate of drug-likeness (QED) is 0.751. The van der Waals surface area contributed by atoms with E-state index in [1.54, 1.807) is 4.68 Å². The summed E-state index contributed by atoms with van der Waals surface area (Å²) in [6.45, 7) is 7.03. The van der Waals surface area contributed by atoms with Crippen molar-refractivity contribution in [1.29, 1.82) is 0 Å². The number of aryl methyl sites for hydroxylation is 1. The van der Waals surface area contributed by atoms with Crippen LogP contribution < -0.4 is 0 Å². The summed E-state index contributed by atoms with van der Waals surface area (Å²) in [5.74, 6) is 0.698. The van der Waals surface area contributed by atoms with Gasteiger partial charge >= 0.3 is 7.60 Å². The largest absolute Gasteiger partial charge is 0.337 e. The van der Waals surface area contributed by atoms with Crippen molar-refractivity contribution in [1.82, 2.24) is 20.2 Å². The van der Waals surface area contributed by atoms with Crippen molar-refractivity contribution in [2.45, 2.75) is 45.8 Å². The predicted octanol–water partition coefficient (Wildman–Crippen LogP) is 2.50. The van der Waals surface area contributed by atoms with Crippen LogP contribution in [0.5, 0.6) is 0 Å². The Kier molecular flexibility index (Phi) is 5.07. The van der Waals surface area contributed by atoms with Crippen LogP contribution >= 0.6 is 7.60 Å². The average molecular weight is 300 g/mol. The van der Waals surface area contributed by atoms with Gasteiger partial charge in [0.25, 0.3) is 0 Å². The molecule has 0 aromatic carbocycles. The minimum Gasteiger partial charge on any atom is -0.308 e. The van der Waals surface area contributed by atoms with Crippen LogP contribution in [0.15, 0.2) is 5.57 Å². The third kappa shape index (κ3) is 3.16. The topological polar surface area (TPSA) is 79.1 Å². The van der Waals surface area contributed by atoms with Gasteiger partial charge in [-0.05, 0) is 50.1 Å². The van der Waals surface area contributed by atoms with E-state index in [0.29, 0.717) is 19.0 Å². The number of nitrogens with zero attached hydrogens (tertiary/aromatic N) is 4. The van der Waals surface area contributed by atoms with Gasteiger partial charge in [-0.15, -0.1) is 5.10 Å². The van der Waals surface area contributed by atoms with E-state index in [0.717, 1.165) is 25.0 Å². The normalized spacial score (nSPS) is 17.2. The Hall–Kier alpha value is -1.04. The van der Waals surface area contributed by atoms with E-state index < -0.39 is 7.60 Å². The Balaban J connectivity index is 2.27. The smallest absolute Gasteiger partial charge is 0.308 e. The maximum atomic E-state index is 12.8. The van der Waals surface area contributed by atoms with Crippen LogP contribution in [-0.4, -0.2) is 39.1 Å². The first-order chi connectivity index (χ1) is 9.60. The zero-order valence-corrected chi connectivity index (χ0v) is 13.0. The molecule has 0 bridgehead atoms. The highest BCUT2D eigenvalue weighted by atomic mass is 31.2. The Labute approximate surface area is 118 Å². The standard InChI is InChI=1S/C12H21N4O3P/c1-4-18-20(17,19-5-2)10(3)11-7-6-8-16-12(9-11)13-14-15-16/h9-10H,4-8H2,1-3H3. The van der Waals surface area contributed by atoms with Crippen LogP contribution in [-0.2, 0) is 20.2 Å². The van der Waals surface area contributed by atoms with Gasteiger partial charge in [0.2, 0.25) is 0 Å². The zero-order valence-electron chi connectivity index (χ0n) is 12.2. The van der Waals surface area contributed by atoms with Crippen LogP contribution in [0, 0.1) is 0 Å². The number of rotatable bonds is 6. The molecule has 0 amide bonds. The van der Waals surface area contributed by atoms with Gasteiger partial charge in [-0.2, -0.15) is 0 Å². The molecule has 8 heteroatoms. The Morgan fingerprint density at radius 2 is 2.10 bits per heavy atom. The first kappa shape index (κ1) is 15.4. The minimum atomic E-state index is -3.14. The fraction of sp³-hybridized carbons (Fsp3) is 0.750. The lowest BCUT2D eigenvalue weighted by Crippen LogP contribution is -2.12. The van der Waals surface area contributed by atoms with E-state index >= 15 is 0 Å². The van der Waals surface area contributed by atoms with Crippen LogP contribution in [0.4, 0.5) is 0 Å². The number of allylic oxidation sites excluding steroid dienone is 1. The van der Waals surface area contributed by atoms with E-state index in [9.17, 15) is 4.57 Å². The maximum absolute atomic E-state index is 12.8. The SMILES string of the molecule is CCOP(=O)(OCC)C(C)C1=Cc2nnnn2CCC1. The highest BCUT2D eigenvalue weighted by Gasteiger charge is 2.35. The van der Waals surface area contributed by atoms with Crippen molar-refractivity contribution in [2.75, 3.05) is 13.2 Å². The van der Waals surface area contributed by atoms with E-state index in [4.69, 9.17) is 9.05 Å². The monoisotopic (exact) mass is 300 g/mol. The van der Waals surface area contributed by atoms with Gasteiger partial charge in [0.15, 0.2) is 5.82 Å². The van der Waals surface area contributed by atoms with Gasteiger partial charge in [-0.25, -0.2) is 4.68 Å². The van der Waals surface area contributed by atoms with Gasteiger partial charge < -0.3 is 9.05 Å². The Morgan fingerprint density at radius 3 is 2.75 bits per heavy atom. The molecule has 0 N–H and O–H groups in total. The number of hydrogen-bond donors (Lipinski definition) is 0. The van der Waals surface area contributed by atoms with Crippen molar-refractivity contribution in [3.8, 4) is 0 Å². The first-order valence-corrected chi connectivity index (χ1v) is 8.57. The zero-order chi connectivity index (χ0) is 14.6. The van der Waals surface area contributed by atoms with E-state index in [2.05, 4.69) is 15.5 Å². The summed E-state index contributed by atoms with van der Waals surface area (Å²) in [4.78, 5) is 0. The second-order valence-corrected chi connectivity index (χ2v) is 7.01. The summed E-state index contributed by atoms with van der Waals surface area (Å²) in [5.41, 5.74) is 0.731. The number of fused-ring (bicyclic) bond motifs is 1. The van der Waals surface area contributed by atoms with Crippen molar-refractivity contribution in [3.63, 3.8) is 0 Å². The highest BCUT2D eigenvalue weighted by molar-refractivity contribution is 7.54. The van der Waals surface area contributed by atoms with Gasteiger partial charge in [0.05, 0.1) is 18.9 Å². The van der Waals surface area contributed by atoms with Gasteiger partial charge in [0.1, 0.15) is 0 Å². The Bertz CT molecular complexity index is 519. The lowest BCUT2D eigenvalue weighted by atomic mass is 10.1. The molecule has 1 aromatic rings. The average Bonchev–Trinajstić information content (AvgIpc) is 2.76. The van der Waals surface area contributed by atoms with E-state index in [-0.39, 0.29) is 5.66 Å². The third-order valence-corrected chi connectivity index (χ3v) is 5.86. The lowest BCUT2D eigenvalue weighted by Gasteiger charge is -2.25. The molecule has 1 aromatic heterocycles. The minimum absolute atomic E-state index is 0.286. The molecule has 2 rings (SSSR count). The third-order valence-electron chi connectivity index (χ3n) is 3.34. The summed E-state index contributed by atoms with van der Waals surface area (Å²) in [6, 6.07) is 0. The predicted molar refractivity (Wildman–Crippen MR) is 75.3 cm³/mol. The molecular weight excluding hydrogens is 279 g/mol. The number of aromatic nitrogens is 4. The first-order valence-electron chi connectivity index (χ1n) is 6.96. The molecule has 0 saturated carbocycles. The molecule has 0 spiro atoms. The molecular formula is C12H21N4O3P. The van der Waals surface area contributed by atoms with Crippen molar-refractivity contribution in [2.24, 2.45) is 0 Å². The number of tetrazole rings is 1. The fourth-order valence-corrected chi connectivity index (χ4v) is 4.15. The molecule has 20 heavy (non-hydrogen) atoms. The van der Waals surface area contributed by atoms with Crippen molar-refractivity contribution >= 4 is 13.7 Å². The van der Waals surface area contributed by atoms with Crippen LogP contribution in [0.25, 0.3) is 6.08 Å². The van der Waals surface area contributed by atoms with Crippen LogP contribution in [0.1, 0.15) is 39.4 Å². The Morgan fingerprint density at radius 1 is 1.40 bits per heavy atom. The highest BCUT2D eigenvalue weighted by Crippen LogP contribution is 2.56. The van der Waals surface area contributed by atoms with Crippen molar-refractivity contribution in [3.05, 3.63) is 11.4 Å². The lowest BCUT2D eigenvalue weighted by molar-refractivity contribution is 0.215. The van der Waals surface area contributed by atoms with Gasteiger partial charge in [-0.1, -0.05) is 5.57 Å². The van der Waals surface area contributed by atoms with Crippen molar-refractivity contribution < 1.29 is 13.6 Å². The summed E-state index contributed by atoms with van der Waals surface area (Å²) in [7, 11) is -3.14. The molecule has 0 radical (unpaired) electrons. The fourth-order valence-electron chi connectivity index (χ4n) is 2.30. The molecule has 0 saturated heterocycles.